The van der Waals surface area contributed by atoms with Crippen molar-refractivity contribution >= 4 is 34.1 Å². The molecule has 0 bridgehead atoms. The number of carbonyl (C=O) groups excluding carboxylic acids is 2. The lowest BCUT2D eigenvalue weighted by Gasteiger charge is -2.09. The van der Waals surface area contributed by atoms with E-state index >= 15 is 0 Å². The molecule has 1 aliphatic carbocycles. The lowest BCUT2D eigenvalue weighted by molar-refractivity contribution is -0.117. The van der Waals surface area contributed by atoms with Crippen LogP contribution in [0.3, 0.4) is 0 Å². The maximum Gasteiger partial charge on any atom is 0.231 e. The zero-order valence-electron chi connectivity index (χ0n) is 18.0. The van der Waals surface area contributed by atoms with Crippen molar-refractivity contribution < 1.29 is 14.7 Å². The topological polar surface area (TPSA) is 143 Å². The molecule has 2 atom stereocenters. The van der Waals surface area contributed by atoms with Gasteiger partial charge < -0.3 is 15.7 Å². The molecule has 3 aromatic rings. The zero-order valence-corrected chi connectivity index (χ0v) is 18.8. The van der Waals surface area contributed by atoms with Gasteiger partial charge in [0.1, 0.15) is 5.01 Å². The van der Waals surface area contributed by atoms with Gasteiger partial charge in [0.15, 0.2) is 5.82 Å². The third-order valence-electron chi connectivity index (χ3n) is 5.47. The van der Waals surface area contributed by atoms with E-state index < -0.39 is 0 Å². The van der Waals surface area contributed by atoms with Gasteiger partial charge in [0.05, 0.1) is 25.1 Å². The molecule has 1 unspecified atom stereocenters. The van der Waals surface area contributed by atoms with Gasteiger partial charge in [-0.25, -0.2) is 0 Å². The Hall–Kier alpha value is -3.31. The van der Waals surface area contributed by atoms with E-state index in [1.54, 1.807) is 18.3 Å². The Morgan fingerprint density at radius 3 is 2.67 bits per heavy atom. The van der Waals surface area contributed by atoms with E-state index in [4.69, 9.17) is 5.11 Å². The van der Waals surface area contributed by atoms with Gasteiger partial charge in [-0.15, -0.1) is 15.3 Å². The maximum atomic E-state index is 12.1. The number of pyridine rings is 1. The highest BCUT2D eigenvalue weighted by atomic mass is 32.1. The Morgan fingerprint density at radius 1 is 1.00 bits per heavy atom. The molecule has 172 valence electrons. The van der Waals surface area contributed by atoms with Crippen LogP contribution >= 0.6 is 11.3 Å². The zero-order chi connectivity index (χ0) is 23.0. The van der Waals surface area contributed by atoms with Crippen molar-refractivity contribution in [1.82, 2.24) is 25.4 Å². The van der Waals surface area contributed by atoms with Crippen molar-refractivity contribution in [1.29, 1.82) is 0 Å². The normalized spacial score (nSPS) is 17.6. The number of hydrogen-bond acceptors (Lipinski definition) is 9. The average Bonchev–Trinajstić information content (AvgIpc) is 3.45. The first-order valence-corrected chi connectivity index (χ1v) is 11.7. The van der Waals surface area contributed by atoms with Gasteiger partial charge in [0, 0.05) is 17.8 Å². The molecule has 1 aliphatic rings. The molecule has 11 heteroatoms. The number of rotatable bonds is 9. The molecule has 0 aromatic carbocycles. The fourth-order valence-corrected chi connectivity index (χ4v) is 4.81. The van der Waals surface area contributed by atoms with Crippen LogP contribution in [0.2, 0.25) is 0 Å². The molecule has 4 rings (SSSR count). The number of anilines is 2. The Balaban J connectivity index is 1.25. The summed E-state index contributed by atoms with van der Waals surface area (Å²) in [6.45, 7) is -0.191. The lowest BCUT2D eigenvalue weighted by Crippen LogP contribution is -2.16. The molecule has 3 aromatic heterocycles. The number of aliphatic hydroxyl groups is 1. The van der Waals surface area contributed by atoms with Crippen LogP contribution in [-0.2, 0) is 22.4 Å². The van der Waals surface area contributed by atoms with Gasteiger partial charge in [-0.2, -0.15) is 5.10 Å². The van der Waals surface area contributed by atoms with Crippen molar-refractivity contribution in [3.8, 4) is 0 Å². The van der Waals surface area contributed by atoms with Gasteiger partial charge in [0.2, 0.25) is 16.9 Å². The summed E-state index contributed by atoms with van der Waals surface area (Å²) in [5.41, 5.74) is 1.59. The van der Waals surface area contributed by atoms with Crippen molar-refractivity contribution in [2.24, 2.45) is 5.92 Å². The molecule has 33 heavy (non-hydrogen) atoms. The molecule has 0 saturated heterocycles. The second-order valence-electron chi connectivity index (χ2n) is 8.00. The van der Waals surface area contributed by atoms with E-state index in [9.17, 15) is 9.59 Å². The smallest absolute Gasteiger partial charge is 0.231 e. The van der Waals surface area contributed by atoms with Crippen LogP contribution in [0.15, 0.2) is 36.5 Å². The summed E-state index contributed by atoms with van der Waals surface area (Å²) in [5, 5.41) is 32.4. The molecule has 3 N–H and O–H groups in total. The first kappa shape index (κ1) is 22.9. The van der Waals surface area contributed by atoms with E-state index in [0.717, 1.165) is 36.4 Å². The summed E-state index contributed by atoms with van der Waals surface area (Å²) < 4.78 is 0. The van der Waals surface area contributed by atoms with E-state index in [0.29, 0.717) is 28.5 Å². The van der Waals surface area contributed by atoms with Crippen molar-refractivity contribution in [2.75, 3.05) is 17.2 Å². The molecule has 10 nitrogen and oxygen atoms in total. The van der Waals surface area contributed by atoms with E-state index in [2.05, 4.69) is 36.0 Å². The summed E-state index contributed by atoms with van der Waals surface area (Å²) in [6, 6.07) is 9.13. The van der Waals surface area contributed by atoms with E-state index in [1.807, 2.05) is 18.2 Å². The van der Waals surface area contributed by atoms with Gasteiger partial charge >= 0.3 is 0 Å². The van der Waals surface area contributed by atoms with E-state index in [1.165, 1.54) is 11.3 Å². The minimum absolute atomic E-state index is 0.0498. The molecule has 3 heterocycles. The fraction of sp³-hybridized carbons (Fsp3) is 0.409. The van der Waals surface area contributed by atoms with Crippen LogP contribution in [0, 0.1) is 5.92 Å². The largest absolute Gasteiger partial charge is 0.396 e. The SMILES string of the molecule is O=C(Cc1ccccn1)Nc1ccc(C[C@H]2CCC(c3nnc(NC(=O)CCO)s3)C2)nn1. The van der Waals surface area contributed by atoms with Crippen LogP contribution in [0.1, 0.15) is 48.0 Å². The monoisotopic (exact) mass is 467 g/mol. The highest BCUT2D eigenvalue weighted by Gasteiger charge is 2.29. The Bertz CT molecular complexity index is 1080. The van der Waals surface area contributed by atoms with Crippen molar-refractivity contribution in [2.45, 2.75) is 44.4 Å². The predicted molar refractivity (Wildman–Crippen MR) is 123 cm³/mol. The van der Waals surface area contributed by atoms with Crippen LogP contribution < -0.4 is 10.6 Å². The summed E-state index contributed by atoms with van der Waals surface area (Å²) in [7, 11) is 0. The summed E-state index contributed by atoms with van der Waals surface area (Å²) >= 11 is 1.39. The lowest BCUT2D eigenvalue weighted by atomic mass is 10.00. The first-order chi connectivity index (χ1) is 16.1. The van der Waals surface area contributed by atoms with Crippen LogP contribution in [0.25, 0.3) is 0 Å². The van der Waals surface area contributed by atoms with Crippen LogP contribution in [0.5, 0.6) is 0 Å². The van der Waals surface area contributed by atoms with Crippen molar-refractivity contribution in [3.63, 3.8) is 0 Å². The second-order valence-corrected chi connectivity index (χ2v) is 9.01. The van der Waals surface area contributed by atoms with Crippen molar-refractivity contribution in [3.05, 3.63) is 52.9 Å². The molecule has 0 radical (unpaired) electrons. The Labute approximate surface area is 194 Å². The maximum absolute atomic E-state index is 12.1. The number of aromatic nitrogens is 5. The molecular weight excluding hydrogens is 442 g/mol. The quantitative estimate of drug-likeness (QED) is 0.435. The molecule has 2 amide bonds. The number of amides is 2. The van der Waals surface area contributed by atoms with Gasteiger partial charge in [-0.3, -0.25) is 14.6 Å². The minimum atomic E-state index is -0.264. The molecular formula is C22H25N7O3S. The molecule has 0 aliphatic heterocycles. The first-order valence-electron chi connectivity index (χ1n) is 10.9. The fourth-order valence-electron chi connectivity index (χ4n) is 3.90. The molecule has 1 fully saturated rings. The number of nitrogens with zero attached hydrogens (tertiary/aromatic N) is 5. The third-order valence-corrected chi connectivity index (χ3v) is 6.47. The number of carbonyl (C=O) groups is 2. The summed E-state index contributed by atoms with van der Waals surface area (Å²) in [5.74, 6) is 0.755. The van der Waals surface area contributed by atoms with Gasteiger partial charge in [-0.05, 0) is 55.9 Å². The Morgan fingerprint density at radius 2 is 1.91 bits per heavy atom. The highest BCUT2D eigenvalue weighted by Crippen LogP contribution is 2.41. The minimum Gasteiger partial charge on any atom is -0.396 e. The number of nitrogens with one attached hydrogen (secondary N) is 2. The molecule has 1 saturated carbocycles. The summed E-state index contributed by atoms with van der Waals surface area (Å²) in [6.07, 6.45) is 5.75. The average molecular weight is 468 g/mol. The number of aliphatic hydroxyl groups excluding tert-OH is 1. The Kier molecular flexibility index (Phi) is 7.63. The third kappa shape index (κ3) is 6.59. The second kappa shape index (κ2) is 11.0. The highest BCUT2D eigenvalue weighted by molar-refractivity contribution is 7.15. The van der Waals surface area contributed by atoms with E-state index in [-0.39, 0.29) is 31.3 Å². The standard InChI is InChI=1S/C22H25N7O3S/c30-10-8-19(31)25-22-29-28-21(33-22)15-5-4-14(11-15)12-17-6-7-18(27-26-17)24-20(32)13-16-3-1-2-9-23-16/h1-3,6-7,9,14-15,30H,4-5,8,10-13H2,(H,24,27,32)(H,25,29,31)/t14-,15?/m0/s1. The number of hydrogen-bond donors (Lipinski definition) is 3. The van der Waals surface area contributed by atoms with Gasteiger partial charge in [0.25, 0.3) is 0 Å². The van der Waals surface area contributed by atoms with Gasteiger partial charge in [-0.1, -0.05) is 17.4 Å². The van der Waals surface area contributed by atoms with Crippen LogP contribution in [-0.4, -0.2) is 48.9 Å². The molecule has 0 spiro atoms. The van der Waals surface area contributed by atoms with Crippen LogP contribution in [0.4, 0.5) is 10.9 Å². The predicted octanol–water partition coefficient (Wildman–Crippen LogP) is 2.35. The summed E-state index contributed by atoms with van der Waals surface area (Å²) in [4.78, 5) is 27.9.